The molecule has 0 fully saturated rings. The minimum atomic E-state index is -5.08. The van der Waals surface area contributed by atoms with Crippen molar-refractivity contribution in [2.75, 3.05) is 18.1 Å². The SMILES string of the molecule is O=C(O)C(F)(F)F.O=C(O)CCSSCCNC(=O)c1cccc(-n2cc(Br)cn2)c1. The average molecular weight is 544 g/mol. The van der Waals surface area contributed by atoms with Gasteiger partial charge in [0.05, 0.1) is 22.8 Å². The summed E-state index contributed by atoms with van der Waals surface area (Å²) in [6.07, 6.45) is -1.42. The van der Waals surface area contributed by atoms with Crippen LogP contribution >= 0.6 is 37.5 Å². The molecule has 2 rings (SSSR count). The fourth-order valence-electron chi connectivity index (χ4n) is 1.79. The van der Waals surface area contributed by atoms with Crippen LogP contribution in [0.4, 0.5) is 13.2 Å². The highest BCUT2D eigenvalue weighted by atomic mass is 79.9. The van der Waals surface area contributed by atoms with Crippen molar-refractivity contribution in [1.29, 1.82) is 0 Å². The second-order valence-electron chi connectivity index (χ2n) is 5.50. The Kier molecular flexibility index (Phi) is 11.5. The second kappa shape index (κ2) is 13.3. The number of hydrogen-bond donors (Lipinski definition) is 3. The lowest BCUT2D eigenvalue weighted by Gasteiger charge is -2.07. The predicted molar refractivity (Wildman–Crippen MR) is 114 cm³/mol. The summed E-state index contributed by atoms with van der Waals surface area (Å²) in [4.78, 5) is 31.4. The van der Waals surface area contributed by atoms with Crippen molar-refractivity contribution in [3.05, 3.63) is 46.7 Å². The number of alkyl halides is 3. The van der Waals surface area contributed by atoms with Gasteiger partial charge in [0.2, 0.25) is 0 Å². The first-order valence-electron chi connectivity index (χ1n) is 8.36. The molecule has 2 aromatic rings. The monoisotopic (exact) mass is 543 g/mol. The molecule has 1 aromatic carbocycles. The van der Waals surface area contributed by atoms with E-state index >= 15 is 0 Å². The highest BCUT2D eigenvalue weighted by Crippen LogP contribution is 2.21. The van der Waals surface area contributed by atoms with Crippen LogP contribution in [0.1, 0.15) is 16.8 Å². The Hall–Kier alpha value is -2.19. The highest BCUT2D eigenvalue weighted by molar-refractivity contribution is 9.10. The Labute approximate surface area is 191 Å². The van der Waals surface area contributed by atoms with Crippen LogP contribution in [-0.4, -0.2) is 62.1 Å². The summed E-state index contributed by atoms with van der Waals surface area (Å²) in [6.45, 7) is 0.529. The number of carboxylic acids is 2. The minimum absolute atomic E-state index is 0.140. The Morgan fingerprint density at radius 2 is 1.81 bits per heavy atom. The Morgan fingerprint density at radius 1 is 1.16 bits per heavy atom. The first kappa shape index (κ1) is 26.8. The van der Waals surface area contributed by atoms with Crippen molar-refractivity contribution >= 4 is 55.4 Å². The van der Waals surface area contributed by atoms with E-state index in [0.717, 1.165) is 15.9 Å². The fourth-order valence-corrected chi connectivity index (χ4v) is 3.96. The van der Waals surface area contributed by atoms with Gasteiger partial charge >= 0.3 is 18.1 Å². The van der Waals surface area contributed by atoms with Gasteiger partial charge < -0.3 is 15.5 Å². The molecule has 0 saturated carbocycles. The Bertz CT molecular complexity index is 896. The number of aliphatic carboxylic acids is 2. The third-order valence-electron chi connectivity index (χ3n) is 3.12. The number of rotatable bonds is 9. The molecule has 0 aliphatic carbocycles. The molecule has 1 aromatic heterocycles. The largest absolute Gasteiger partial charge is 0.490 e. The van der Waals surface area contributed by atoms with Crippen LogP contribution in [0.5, 0.6) is 0 Å². The molecule has 0 aliphatic heterocycles. The lowest BCUT2D eigenvalue weighted by atomic mass is 10.2. The third-order valence-corrected chi connectivity index (χ3v) is 5.94. The molecule has 0 saturated heterocycles. The molecule has 8 nitrogen and oxygen atoms in total. The first-order chi connectivity index (χ1) is 14.5. The maximum absolute atomic E-state index is 12.2. The number of amides is 1. The molecule has 14 heteroatoms. The number of carboxylic acid groups (broad SMARTS) is 2. The van der Waals surface area contributed by atoms with Crippen molar-refractivity contribution in [3.8, 4) is 5.69 Å². The molecule has 0 radical (unpaired) electrons. The van der Waals surface area contributed by atoms with E-state index in [2.05, 4.69) is 26.3 Å². The quantitative estimate of drug-likeness (QED) is 0.322. The molecule has 0 unspecified atom stereocenters. The van der Waals surface area contributed by atoms with E-state index in [9.17, 15) is 22.8 Å². The van der Waals surface area contributed by atoms with Crippen molar-refractivity contribution < 1.29 is 37.8 Å². The maximum atomic E-state index is 12.2. The number of carbonyl (C=O) groups is 3. The van der Waals surface area contributed by atoms with Gasteiger partial charge in [-0.15, -0.1) is 0 Å². The highest BCUT2D eigenvalue weighted by Gasteiger charge is 2.38. The van der Waals surface area contributed by atoms with Crippen LogP contribution in [-0.2, 0) is 9.59 Å². The molecule has 1 heterocycles. The van der Waals surface area contributed by atoms with Crippen LogP contribution in [0.3, 0.4) is 0 Å². The number of benzene rings is 1. The molecule has 0 aliphatic rings. The molecule has 170 valence electrons. The summed E-state index contributed by atoms with van der Waals surface area (Å²) in [5.41, 5.74) is 1.38. The smallest absolute Gasteiger partial charge is 0.481 e. The van der Waals surface area contributed by atoms with Crippen LogP contribution in [0.15, 0.2) is 41.1 Å². The Morgan fingerprint density at radius 3 is 2.35 bits per heavy atom. The molecule has 31 heavy (non-hydrogen) atoms. The van der Waals surface area contributed by atoms with Gasteiger partial charge in [0.1, 0.15) is 0 Å². The van der Waals surface area contributed by atoms with E-state index in [0.29, 0.717) is 17.9 Å². The molecule has 0 bridgehead atoms. The summed E-state index contributed by atoms with van der Waals surface area (Å²) in [5, 5.41) is 22.7. The predicted octanol–water partition coefficient (Wildman–Crippen LogP) is 3.85. The molecule has 3 N–H and O–H groups in total. The molecular formula is C17H17BrF3N3O5S2. The summed E-state index contributed by atoms with van der Waals surface area (Å²) in [7, 11) is 3.05. The van der Waals surface area contributed by atoms with Gasteiger partial charge in [-0.1, -0.05) is 27.7 Å². The number of nitrogens with one attached hydrogen (secondary N) is 1. The zero-order valence-corrected chi connectivity index (χ0v) is 18.9. The van der Waals surface area contributed by atoms with Crippen molar-refractivity contribution in [2.45, 2.75) is 12.6 Å². The third kappa shape index (κ3) is 11.1. The van der Waals surface area contributed by atoms with Crippen molar-refractivity contribution in [2.24, 2.45) is 0 Å². The van der Waals surface area contributed by atoms with Crippen molar-refractivity contribution in [1.82, 2.24) is 15.1 Å². The minimum Gasteiger partial charge on any atom is -0.481 e. The summed E-state index contributed by atoms with van der Waals surface area (Å²) >= 11 is 3.35. The standard InChI is InChI=1S/C15H16BrN3O3S2.C2HF3O2/c16-12-9-18-19(10-12)13-3-1-2-11(8-13)15(22)17-5-7-24-23-6-4-14(20)21;3-2(4,5)1(6)7/h1-3,8-10H,4-7H2,(H,17,22)(H,20,21);(H,6,7). The van der Waals surface area contributed by atoms with Gasteiger partial charge in [0, 0.05) is 29.8 Å². The topological polar surface area (TPSA) is 122 Å². The molecule has 1 amide bonds. The van der Waals surface area contributed by atoms with Gasteiger partial charge in [0.15, 0.2) is 0 Å². The zero-order valence-electron chi connectivity index (χ0n) is 15.6. The van der Waals surface area contributed by atoms with Crippen LogP contribution < -0.4 is 5.32 Å². The fraction of sp³-hybridized carbons (Fsp3) is 0.294. The summed E-state index contributed by atoms with van der Waals surface area (Å²) in [6, 6.07) is 7.23. The maximum Gasteiger partial charge on any atom is 0.490 e. The van der Waals surface area contributed by atoms with Crippen LogP contribution in [0, 0.1) is 0 Å². The van der Waals surface area contributed by atoms with Crippen molar-refractivity contribution in [3.63, 3.8) is 0 Å². The average Bonchev–Trinajstić information content (AvgIpc) is 3.13. The number of halogens is 4. The van der Waals surface area contributed by atoms with Gasteiger partial charge in [-0.3, -0.25) is 9.59 Å². The lowest BCUT2D eigenvalue weighted by molar-refractivity contribution is -0.192. The van der Waals surface area contributed by atoms with E-state index in [4.69, 9.17) is 15.0 Å². The van der Waals surface area contributed by atoms with Gasteiger partial charge in [-0.05, 0) is 34.1 Å². The van der Waals surface area contributed by atoms with E-state index in [-0.39, 0.29) is 12.3 Å². The normalized spacial score (nSPS) is 10.7. The Balaban J connectivity index is 0.000000592. The number of aromatic nitrogens is 2. The van der Waals surface area contributed by atoms with Gasteiger partial charge in [-0.2, -0.15) is 18.3 Å². The zero-order chi connectivity index (χ0) is 23.4. The summed E-state index contributed by atoms with van der Waals surface area (Å²) in [5.74, 6) is -2.40. The van der Waals surface area contributed by atoms with Gasteiger partial charge in [0.25, 0.3) is 5.91 Å². The van der Waals surface area contributed by atoms with E-state index in [1.165, 1.54) is 10.8 Å². The van der Waals surface area contributed by atoms with E-state index in [1.807, 2.05) is 18.3 Å². The molecular weight excluding hydrogens is 527 g/mol. The van der Waals surface area contributed by atoms with Crippen LogP contribution in [0.25, 0.3) is 5.69 Å². The second-order valence-corrected chi connectivity index (χ2v) is 9.12. The number of carbonyl (C=O) groups excluding carboxylic acids is 1. The van der Waals surface area contributed by atoms with Gasteiger partial charge in [-0.25, -0.2) is 9.48 Å². The lowest BCUT2D eigenvalue weighted by Crippen LogP contribution is -2.25. The number of hydrogen-bond acceptors (Lipinski definition) is 6. The molecule has 0 atom stereocenters. The van der Waals surface area contributed by atoms with E-state index < -0.39 is 18.1 Å². The molecule has 0 spiro atoms. The first-order valence-corrected chi connectivity index (χ1v) is 11.6. The van der Waals surface area contributed by atoms with E-state index in [1.54, 1.807) is 33.8 Å². The van der Waals surface area contributed by atoms with Crippen LogP contribution in [0.2, 0.25) is 0 Å². The number of nitrogens with zero attached hydrogens (tertiary/aromatic N) is 2. The summed E-state index contributed by atoms with van der Waals surface area (Å²) < 4.78 is 34.3.